The smallest absolute Gasteiger partial charge is 0.321 e. The maximum atomic E-state index is 14.8. The summed E-state index contributed by atoms with van der Waals surface area (Å²) in [4.78, 5) is 43.9. The number of carboxylic acids is 1. The normalized spacial score (nSPS) is 22.2. The molecular formula is C32H35F2N3O4. The third kappa shape index (κ3) is 5.95. The van der Waals surface area contributed by atoms with Crippen molar-refractivity contribution in [3.8, 4) is 0 Å². The Morgan fingerprint density at radius 3 is 2.39 bits per heavy atom. The Kier molecular flexibility index (Phi) is 8.35. The molecule has 2 aliphatic heterocycles. The van der Waals surface area contributed by atoms with Crippen molar-refractivity contribution >= 4 is 28.6 Å². The van der Waals surface area contributed by atoms with Crippen LogP contribution in [0.5, 0.6) is 0 Å². The maximum Gasteiger partial charge on any atom is 0.321 e. The zero-order chi connectivity index (χ0) is 29.3. The van der Waals surface area contributed by atoms with Gasteiger partial charge in [0, 0.05) is 57.7 Å². The van der Waals surface area contributed by atoms with Gasteiger partial charge in [0.2, 0.25) is 11.8 Å². The van der Waals surface area contributed by atoms with Crippen LogP contribution in [0.15, 0.2) is 60.7 Å². The summed E-state index contributed by atoms with van der Waals surface area (Å²) in [6.07, 6.45) is 0.954. The van der Waals surface area contributed by atoms with Crippen LogP contribution in [0.1, 0.15) is 37.3 Å². The predicted molar refractivity (Wildman–Crippen MR) is 151 cm³/mol. The van der Waals surface area contributed by atoms with Gasteiger partial charge in [-0.15, -0.1) is 0 Å². The molecule has 2 aliphatic rings. The molecular weight excluding hydrogens is 528 g/mol. The number of benzene rings is 3. The van der Waals surface area contributed by atoms with Gasteiger partial charge in [0.15, 0.2) is 0 Å². The quantitative estimate of drug-likeness (QED) is 0.464. The largest absolute Gasteiger partial charge is 0.480 e. The molecule has 2 amide bonds. The first kappa shape index (κ1) is 28.7. The van der Waals surface area contributed by atoms with E-state index in [2.05, 4.69) is 0 Å². The van der Waals surface area contributed by atoms with Crippen LogP contribution in [0.2, 0.25) is 0 Å². The minimum absolute atomic E-state index is 0.159. The molecule has 3 aromatic rings. The van der Waals surface area contributed by atoms with Crippen molar-refractivity contribution < 1.29 is 28.3 Å². The molecule has 0 unspecified atom stereocenters. The lowest BCUT2D eigenvalue weighted by Gasteiger charge is -2.44. The van der Waals surface area contributed by atoms with Gasteiger partial charge in [0.1, 0.15) is 17.7 Å². The second kappa shape index (κ2) is 11.9. The van der Waals surface area contributed by atoms with Gasteiger partial charge in [-0.05, 0) is 40.8 Å². The highest BCUT2D eigenvalue weighted by Crippen LogP contribution is 2.36. The van der Waals surface area contributed by atoms with E-state index >= 15 is 0 Å². The van der Waals surface area contributed by atoms with Crippen molar-refractivity contribution in [2.45, 2.75) is 44.7 Å². The fourth-order valence-corrected chi connectivity index (χ4v) is 6.41. The molecule has 5 rings (SSSR count). The van der Waals surface area contributed by atoms with Crippen LogP contribution in [0.25, 0.3) is 10.8 Å². The number of amides is 2. The number of carboxylic acid groups (broad SMARTS) is 1. The Morgan fingerprint density at radius 2 is 1.71 bits per heavy atom. The summed E-state index contributed by atoms with van der Waals surface area (Å²) in [5, 5.41) is 12.3. The van der Waals surface area contributed by atoms with E-state index in [1.165, 1.54) is 24.0 Å². The summed E-state index contributed by atoms with van der Waals surface area (Å²) in [6, 6.07) is 16.3. The molecule has 0 aliphatic carbocycles. The highest BCUT2D eigenvalue weighted by molar-refractivity contribution is 5.84. The highest BCUT2D eigenvalue weighted by atomic mass is 19.1. The third-order valence-corrected chi connectivity index (χ3v) is 8.68. The molecule has 4 atom stereocenters. The molecule has 7 nitrogen and oxygen atoms in total. The standard InChI is InChI=1S/C32H35F2N3O4/c1-3-25-17-35(30(32(40)41)15-21-8-9-22-6-4-5-7-23(22)14-21)12-13-37(25)31(39)28-19-36(20(2)38)18-27(28)26-11-10-24(33)16-29(26)34/h4-11,14,16,25,27-28,30H,3,12-13,15,17-19H2,1-2H3,(H,40,41)/t25-,27-,28+,30-/m0/s1. The Bertz CT molecular complexity index is 1460. The summed E-state index contributed by atoms with van der Waals surface area (Å²) in [5.74, 6) is -4.00. The van der Waals surface area contributed by atoms with Gasteiger partial charge in [0.25, 0.3) is 0 Å². The van der Waals surface area contributed by atoms with Crippen LogP contribution in [-0.4, -0.2) is 82.4 Å². The summed E-state index contributed by atoms with van der Waals surface area (Å²) >= 11 is 0. The van der Waals surface area contributed by atoms with E-state index in [4.69, 9.17) is 0 Å². The SMILES string of the molecule is CC[C@H]1CN([C@@H](Cc2ccc3ccccc3c2)C(=O)O)CCN1C(=O)[C@@H]1CN(C(C)=O)C[C@H]1c1ccc(F)cc1F. The molecule has 9 heteroatoms. The molecule has 3 aromatic carbocycles. The fraction of sp³-hybridized carbons (Fsp3) is 0.406. The van der Waals surface area contributed by atoms with Gasteiger partial charge in [-0.25, -0.2) is 8.78 Å². The van der Waals surface area contributed by atoms with Crippen LogP contribution >= 0.6 is 0 Å². The lowest BCUT2D eigenvalue weighted by molar-refractivity contribution is -0.147. The molecule has 0 saturated carbocycles. The summed E-state index contributed by atoms with van der Waals surface area (Å²) in [7, 11) is 0. The molecule has 0 aromatic heterocycles. The number of likely N-dealkylation sites (tertiary alicyclic amines) is 1. The van der Waals surface area contributed by atoms with Crippen molar-refractivity contribution in [1.29, 1.82) is 0 Å². The lowest BCUT2D eigenvalue weighted by Crippen LogP contribution is -2.60. The summed E-state index contributed by atoms with van der Waals surface area (Å²) in [6.45, 7) is 4.82. The fourth-order valence-electron chi connectivity index (χ4n) is 6.41. The first-order chi connectivity index (χ1) is 19.7. The predicted octanol–water partition coefficient (Wildman–Crippen LogP) is 4.30. The average molecular weight is 564 g/mol. The van der Waals surface area contributed by atoms with Crippen LogP contribution in [0.3, 0.4) is 0 Å². The third-order valence-electron chi connectivity index (χ3n) is 8.68. The number of rotatable bonds is 7. The van der Waals surface area contributed by atoms with E-state index in [0.29, 0.717) is 32.5 Å². The Hall–Kier alpha value is -3.85. The Morgan fingerprint density at radius 1 is 0.951 bits per heavy atom. The number of carbonyl (C=O) groups is 3. The number of piperazine rings is 1. The monoisotopic (exact) mass is 563 g/mol. The van der Waals surface area contributed by atoms with Crippen molar-refractivity contribution in [2.24, 2.45) is 5.92 Å². The summed E-state index contributed by atoms with van der Waals surface area (Å²) < 4.78 is 28.4. The zero-order valence-corrected chi connectivity index (χ0v) is 23.3. The minimum atomic E-state index is -0.910. The van der Waals surface area contributed by atoms with Crippen LogP contribution in [-0.2, 0) is 20.8 Å². The minimum Gasteiger partial charge on any atom is -0.480 e. The lowest BCUT2D eigenvalue weighted by atomic mass is 9.86. The van der Waals surface area contributed by atoms with Crippen LogP contribution < -0.4 is 0 Å². The van der Waals surface area contributed by atoms with E-state index < -0.39 is 35.5 Å². The second-order valence-electron chi connectivity index (χ2n) is 11.1. The molecule has 41 heavy (non-hydrogen) atoms. The van der Waals surface area contributed by atoms with Crippen molar-refractivity contribution in [1.82, 2.24) is 14.7 Å². The van der Waals surface area contributed by atoms with Crippen molar-refractivity contribution in [2.75, 3.05) is 32.7 Å². The van der Waals surface area contributed by atoms with E-state index in [1.807, 2.05) is 54.3 Å². The highest BCUT2D eigenvalue weighted by Gasteiger charge is 2.45. The Balaban J connectivity index is 1.34. The second-order valence-corrected chi connectivity index (χ2v) is 11.1. The van der Waals surface area contributed by atoms with Gasteiger partial charge in [-0.3, -0.25) is 19.3 Å². The van der Waals surface area contributed by atoms with Crippen molar-refractivity contribution in [3.63, 3.8) is 0 Å². The molecule has 216 valence electrons. The van der Waals surface area contributed by atoms with Crippen molar-refractivity contribution in [3.05, 3.63) is 83.4 Å². The number of halogens is 2. The average Bonchev–Trinajstić information content (AvgIpc) is 3.40. The molecule has 2 fully saturated rings. The number of fused-ring (bicyclic) bond motifs is 1. The molecule has 2 heterocycles. The van der Waals surface area contributed by atoms with Gasteiger partial charge < -0.3 is 14.9 Å². The topological polar surface area (TPSA) is 81.2 Å². The molecule has 1 N–H and O–H groups in total. The number of hydrogen-bond donors (Lipinski definition) is 1. The molecule has 0 radical (unpaired) electrons. The molecule has 2 saturated heterocycles. The molecule has 0 spiro atoms. The van der Waals surface area contributed by atoms with Crippen LogP contribution in [0, 0.1) is 17.6 Å². The number of aliphatic carboxylic acids is 1. The first-order valence-corrected chi connectivity index (χ1v) is 14.1. The van der Waals surface area contributed by atoms with Crippen LogP contribution in [0.4, 0.5) is 8.78 Å². The van der Waals surface area contributed by atoms with Gasteiger partial charge in [-0.1, -0.05) is 55.5 Å². The van der Waals surface area contributed by atoms with E-state index in [0.717, 1.165) is 22.4 Å². The van der Waals surface area contributed by atoms with Gasteiger partial charge in [-0.2, -0.15) is 0 Å². The Labute approximate surface area is 238 Å². The van der Waals surface area contributed by atoms with E-state index in [-0.39, 0.29) is 36.5 Å². The number of nitrogens with zero attached hydrogens (tertiary/aromatic N) is 3. The first-order valence-electron chi connectivity index (χ1n) is 14.1. The number of hydrogen-bond acceptors (Lipinski definition) is 4. The maximum absolute atomic E-state index is 14.8. The van der Waals surface area contributed by atoms with E-state index in [1.54, 1.807) is 4.90 Å². The zero-order valence-electron chi connectivity index (χ0n) is 23.3. The number of carbonyl (C=O) groups excluding carboxylic acids is 2. The molecule has 0 bridgehead atoms. The summed E-state index contributed by atoms with van der Waals surface area (Å²) in [5.41, 5.74) is 1.16. The van der Waals surface area contributed by atoms with Gasteiger partial charge in [0.05, 0.1) is 5.92 Å². The van der Waals surface area contributed by atoms with E-state index in [9.17, 15) is 28.3 Å². The van der Waals surface area contributed by atoms with Gasteiger partial charge >= 0.3 is 5.97 Å².